The van der Waals surface area contributed by atoms with E-state index < -0.39 is 10.0 Å². The first kappa shape index (κ1) is 24.2. The number of furan rings is 1. The summed E-state index contributed by atoms with van der Waals surface area (Å²) in [5.41, 5.74) is 0.751. The predicted molar refractivity (Wildman–Crippen MR) is 125 cm³/mol. The van der Waals surface area contributed by atoms with Crippen LogP contribution in [0.2, 0.25) is 0 Å². The lowest BCUT2D eigenvalue weighted by Gasteiger charge is -2.34. The maximum absolute atomic E-state index is 12.4. The molecule has 7 nitrogen and oxygen atoms in total. The van der Waals surface area contributed by atoms with Crippen LogP contribution < -0.4 is 10.0 Å². The molecule has 0 saturated carbocycles. The Bertz CT molecular complexity index is 975. The van der Waals surface area contributed by atoms with E-state index in [1.165, 1.54) is 30.9 Å². The van der Waals surface area contributed by atoms with Gasteiger partial charge in [-0.2, -0.15) is 0 Å². The summed E-state index contributed by atoms with van der Waals surface area (Å²) < 4.78 is 32.4. The molecule has 1 aromatic heterocycles. The molecule has 3 rings (SSSR count). The highest BCUT2D eigenvalue weighted by atomic mass is 32.2. The molecule has 2 unspecified atom stereocenters. The molecule has 1 saturated heterocycles. The number of sulfonamides is 1. The first-order chi connectivity index (χ1) is 15.3. The Morgan fingerprint density at radius 3 is 2.53 bits per heavy atom. The molecule has 2 heterocycles. The zero-order valence-corrected chi connectivity index (χ0v) is 19.6. The zero-order valence-electron chi connectivity index (χ0n) is 18.8. The molecule has 2 atom stereocenters. The number of piperidine rings is 1. The number of carbonyl (C=O) groups is 1. The Labute approximate surface area is 190 Å². The summed E-state index contributed by atoms with van der Waals surface area (Å²) >= 11 is 0. The summed E-state index contributed by atoms with van der Waals surface area (Å²) in [6, 6.07) is 9.78. The van der Waals surface area contributed by atoms with E-state index in [0.717, 1.165) is 43.5 Å². The number of amides is 1. The van der Waals surface area contributed by atoms with Gasteiger partial charge in [0.2, 0.25) is 15.9 Å². The Kier molecular flexibility index (Phi) is 8.67. The van der Waals surface area contributed by atoms with Crippen molar-refractivity contribution in [1.82, 2.24) is 14.9 Å². The van der Waals surface area contributed by atoms with Crippen molar-refractivity contribution in [2.24, 2.45) is 11.8 Å². The average molecular weight is 460 g/mol. The maximum atomic E-state index is 12.4. The second-order valence-electron chi connectivity index (χ2n) is 8.66. The van der Waals surface area contributed by atoms with Gasteiger partial charge in [0.05, 0.1) is 17.7 Å². The van der Waals surface area contributed by atoms with Crippen LogP contribution in [0.5, 0.6) is 0 Å². The van der Waals surface area contributed by atoms with Crippen LogP contribution in [-0.4, -0.2) is 45.4 Å². The summed E-state index contributed by atoms with van der Waals surface area (Å²) in [7, 11) is -3.63. The van der Waals surface area contributed by atoms with Gasteiger partial charge in [-0.05, 0) is 67.1 Å². The highest BCUT2D eigenvalue weighted by Gasteiger charge is 2.21. The van der Waals surface area contributed by atoms with Gasteiger partial charge in [-0.3, -0.25) is 4.79 Å². The Morgan fingerprint density at radius 2 is 1.88 bits per heavy atom. The summed E-state index contributed by atoms with van der Waals surface area (Å²) in [5.74, 6) is 1.87. The van der Waals surface area contributed by atoms with Crippen LogP contribution in [0.15, 0.2) is 58.1 Å². The van der Waals surface area contributed by atoms with Crippen LogP contribution in [-0.2, 0) is 21.4 Å². The lowest BCUT2D eigenvalue weighted by Crippen LogP contribution is -2.40. The Morgan fingerprint density at radius 1 is 1.16 bits per heavy atom. The second-order valence-corrected chi connectivity index (χ2v) is 10.4. The van der Waals surface area contributed by atoms with E-state index in [1.54, 1.807) is 30.3 Å². The topological polar surface area (TPSA) is 91.7 Å². The molecule has 2 N–H and O–H groups in total. The number of rotatable bonds is 10. The molecule has 0 bridgehead atoms. The van der Waals surface area contributed by atoms with Crippen LogP contribution >= 0.6 is 0 Å². The number of likely N-dealkylation sites (tertiary alicyclic amines) is 1. The third-order valence-corrected chi connectivity index (χ3v) is 6.95. The molecule has 32 heavy (non-hydrogen) atoms. The summed E-state index contributed by atoms with van der Waals surface area (Å²) in [5, 5.41) is 2.91. The highest BCUT2D eigenvalue weighted by molar-refractivity contribution is 7.89. The van der Waals surface area contributed by atoms with E-state index in [0.29, 0.717) is 12.3 Å². The number of hydrogen-bond donors (Lipinski definition) is 2. The van der Waals surface area contributed by atoms with Crippen LogP contribution in [0.1, 0.15) is 38.0 Å². The molecule has 2 aromatic rings. The minimum Gasteiger partial charge on any atom is -0.468 e. The third-order valence-electron chi connectivity index (χ3n) is 5.53. The van der Waals surface area contributed by atoms with E-state index in [2.05, 4.69) is 28.8 Å². The van der Waals surface area contributed by atoms with Crippen LogP contribution in [0.25, 0.3) is 6.08 Å². The third kappa shape index (κ3) is 7.62. The van der Waals surface area contributed by atoms with Crippen molar-refractivity contribution in [1.29, 1.82) is 0 Å². The monoisotopic (exact) mass is 459 g/mol. The molecular weight excluding hydrogens is 426 g/mol. The molecule has 1 aromatic carbocycles. The van der Waals surface area contributed by atoms with Crippen LogP contribution in [0, 0.1) is 11.8 Å². The van der Waals surface area contributed by atoms with E-state index in [1.807, 2.05) is 0 Å². The van der Waals surface area contributed by atoms with E-state index in [9.17, 15) is 13.2 Å². The van der Waals surface area contributed by atoms with Crippen molar-refractivity contribution in [2.45, 2.75) is 38.1 Å². The van der Waals surface area contributed by atoms with Gasteiger partial charge < -0.3 is 14.6 Å². The molecule has 1 aliphatic rings. The normalized spacial score (nSPS) is 19.9. The number of carbonyl (C=O) groups excluding carboxylic acids is 1. The lowest BCUT2D eigenvalue weighted by atomic mass is 9.92. The predicted octanol–water partition coefficient (Wildman–Crippen LogP) is 3.26. The van der Waals surface area contributed by atoms with Crippen LogP contribution in [0.3, 0.4) is 0 Å². The molecule has 8 heteroatoms. The fourth-order valence-electron chi connectivity index (χ4n) is 4.14. The quantitative estimate of drug-likeness (QED) is 0.420. The molecular formula is C24H33N3O4S. The lowest BCUT2D eigenvalue weighted by molar-refractivity contribution is -0.116. The highest BCUT2D eigenvalue weighted by Crippen LogP contribution is 2.20. The van der Waals surface area contributed by atoms with Crippen molar-refractivity contribution in [3.05, 3.63) is 60.1 Å². The van der Waals surface area contributed by atoms with Gasteiger partial charge in [-0.25, -0.2) is 13.1 Å². The zero-order chi connectivity index (χ0) is 23.0. The summed E-state index contributed by atoms with van der Waals surface area (Å²) in [6.07, 6.45) is 6.87. The Balaban J connectivity index is 1.40. The standard InChI is InChI=1S/C24H33N3O4S/c1-19-15-20(2)18-27(17-19)13-4-12-25-24(28)11-8-21-6-9-23(10-7-21)32(29,30)26-16-22-5-3-14-31-22/h3,5-11,14,19-20,26H,4,12-13,15-18H2,1-2H3,(H,25,28)/b11-8+. The fraction of sp³-hybridized carbons (Fsp3) is 0.458. The minimum atomic E-state index is -3.63. The van der Waals surface area contributed by atoms with Crippen LogP contribution in [0.4, 0.5) is 0 Å². The SMILES string of the molecule is CC1CC(C)CN(CCCNC(=O)/C=C/c2ccc(S(=O)(=O)NCc3ccco3)cc2)C1. The van der Waals surface area contributed by atoms with Gasteiger partial charge in [-0.1, -0.05) is 26.0 Å². The summed E-state index contributed by atoms with van der Waals surface area (Å²) in [6.45, 7) is 8.62. The average Bonchev–Trinajstić information content (AvgIpc) is 3.27. The second kappa shape index (κ2) is 11.4. The molecule has 174 valence electrons. The number of benzene rings is 1. The van der Waals surface area contributed by atoms with Gasteiger partial charge in [0.1, 0.15) is 5.76 Å². The maximum Gasteiger partial charge on any atom is 0.243 e. The van der Waals surface area contributed by atoms with E-state index in [4.69, 9.17) is 4.42 Å². The molecule has 0 radical (unpaired) electrons. The summed E-state index contributed by atoms with van der Waals surface area (Å²) in [4.78, 5) is 14.7. The minimum absolute atomic E-state index is 0.0902. The van der Waals surface area contributed by atoms with Crippen molar-refractivity contribution in [2.75, 3.05) is 26.2 Å². The first-order valence-corrected chi connectivity index (χ1v) is 12.6. The molecule has 1 fully saturated rings. The van der Waals surface area contributed by atoms with E-state index in [-0.39, 0.29) is 17.3 Å². The largest absolute Gasteiger partial charge is 0.468 e. The fourth-order valence-corrected chi connectivity index (χ4v) is 5.13. The number of nitrogens with one attached hydrogen (secondary N) is 2. The molecule has 1 aliphatic heterocycles. The number of hydrogen-bond acceptors (Lipinski definition) is 5. The Hall–Kier alpha value is -2.42. The van der Waals surface area contributed by atoms with Crippen molar-refractivity contribution in [3.63, 3.8) is 0 Å². The van der Waals surface area contributed by atoms with Gasteiger partial charge in [-0.15, -0.1) is 0 Å². The molecule has 1 amide bonds. The smallest absolute Gasteiger partial charge is 0.243 e. The van der Waals surface area contributed by atoms with Crippen molar-refractivity contribution in [3.8, 4) is 0 Å². The van der Waals surface area contributed by atoms with Gasteiger partial charge in [0.15, 0.2) is 0 Å². The van der Waals surface area contributed by atoms with Gasteiger partial charge >= 0.3 is 0 Å². The van der Waals surface area contributed by atoms with E-state index >= 15 is 0 Å². The first-order valence-electron chi connectivity index (χ1n) is 11.1. The number of nitrogens with zero attached hydrogens (tertiary/aromatic N) is 1. The molecule has 0 spiro atoms. The van der Waals surface area contributed by atoms with Gasteiger partial charge in [0, 0.05) is 25.7 Å². The van der Waals surface area contributed by atoms with Crippen molar-refractivity contribution >= 4 is 22.0 Å². The molecule has 0 aliphatic carbocycles. The van der Waals surface area contributed by atoms with Gasteiger partial charge in [0.25, 0.3) is 0 Å². The van der Waals surface area contributed by atoms with Crippen molar-refractivity contribution < 1.29 is 17.6 Å².